The minimum Gasteiger partial charge on any atom is -0.508 e. The van der Waals surface area contributed by atoms with Crippen molar-refractivity contribution < 1.29 is 38.7 Å². The van der Waals surface area contributed by atoms with Crippen molar-refractivity contribution in [2.24, 2.45) is 11.8 Å². The van der Waals surface area contributed by atoms with Crippen molar-refractivity contribution >= 4 is 11.9 Å². The molecule has 2 rings (SSSR count). The molecule has 0 bridgehead atoms. The molecule has 0 saturated heterocycles. The molecular weight excluding hydrogens is 536 g/mol. The van der Waals surface area contributed by atoms with Crippen LogP contribution in [0, 0.1) is 25.7 Å². The standard InChI is InChI=1S/C34H50O8/c1-23(2)17-29-21-31(35)25(5)19-27(29)7-9-33(37)41-15-13-39-11-12-40-14-16-42-34(38)10-8-28-20-26(6)32(36)22-30(28)18-24(3)4/h19-24,35-36H,7-18H2,1-6H3. The van der Waals surface area contributed by atoms with Gasteiger partial charge in [0.25, 0.3) is 0 Å². The van der Waals surface area contributed by atoms with E-state index in [0.717, 1.165) is 46.2 Å². The number of ether oxygens (including phenoxy) is 4. The number of hydrogen-bond donors (Lipinski definition) is 2. The van der Waals surface area contributed by atoms with Crippen LogP contribution in [0.15, 0.2) is 24.3 Å². The van der Waals surface area contributed by atoms with Gasteiger partial charge in [0.1, 0.15) is 24.7 Å². The minimum atomic E-state index is -0.283. The first-order valence-electron chi connectivity index (χ1n) is 15.1. The number of esters is 2. The number of benzene rings is 2. The second-order valence-electron chi connectivity index (χ2n) is 11.7. The lowest BCUT2D eigenvalue weighted by Gasteiger charge is -2.14. The van der Waals surface area contributed by atoms with Gasteiger partial charge in [-0.1, -0.05) is 39.8 Å². The Hall–Kier alpha value is -3.10. The van der Waals surface area contributed by atoms with Crippen LogP contribution in [0.2, 0.25) is 0 Å². The van der Waals surface area contributed by atoms with E-state index in [1.807, 2.05) is 26.0 Å². The van der Waals surface area contributed by atoms with E-state index in [9.17, 15) is 19.8 Å². The molecule has 2 aromatic carbocycles. The maximum Gasteiger partial charge on any atom is 0.306 e. The predicted molar refractivity (Wildman–Crippen MR) is 163 cm³/mol. The van der Waals surface area contributed by atoms with Crippen LogP contribution < -0.4 is 0 Å². The van der Waals surface area contributed by atoms with E-state index in [-0.39, 0.29) is 62.7 Å². The molecule has 0 heterocycles. The van der Waals surface area contributed by atoms with Gasteiger partial charge in [-0.15, -0.1) is 0 Å². The van der Waals surface area contributed by atoms with Gasteiger partial charge in [-0.25, -0.2) is 0 Å². The van der Waals surface area contributed by atoms with Crippen LogP contribution in [0.25, 0.3) is 0 Å². The molecule has 42 heavy (non-hydrogen) atoms. The van der Waals surface area contributed by atoms with Crippen molar-refractivity contribution in [2.45, 2.75) is 80.1 Å². The monoisotopic (exact) mass is 586 g/mol. The van der Waals surface area contributed by atoms with E-state index in [0.29, 0.717) is 37.9 Å². The van der Waals surface area contributed by atoms with Crippen molar-refractivity contribution in [2.75, 3.05) is 39.6 Å². The third-order valence-corrected chi connectivity index (χ3v) is 6.84. The molecule has 0 saturated carbocycles. The summed E-state index contributed by atoms with van der Waals surface area (Å²) in [6.07, 6.45) is 3.36. The molecule has 0 aliphatic rings. The van der Waals surface area contributed by atoms with Gasteiger partial charge in [-0.3, -0.25) is 9.59 Å². The Morgan fingerprint density at radius 3 is 1.31 bits per heavy atom. The SMILES string of the molecule is Cc1cc(CCC(=O)OCCOCCOCCOC(=O)CCc2cc(C)c(O)cc2CC(C)C)c(CC(C)C)cc1O. The Labute approximate surface area is 251 Å². The van der Waals surface area contributed by atoms with Gasteiger partial charge < -0.3 is 29.2 Å². The van der Waals surface area contributed by atoms with Gasteiger partial charge in [-0.05, 0) is 96.9 Å². The maximum atomic E-state index is 12.2. The Morgan fingerprint density at radius 1 is 0.595 bits per heavy atom. The highest BCUT2D eigenvalue weighted by Gasteiger charge is 2.13. The molecule has 0 aliphatic carbocycles. The van der Waals surface area contributed by atoms with E-state index < -0.39 is 0 Å². The number of phenolic OH excluding ortho intramolecular Hbond substituents is 2. The van der Waals surface area contributed by atoms with Gasteiger partial charge >= 0.3 is 11.9 Å². The fourth-order valence-electron chi connectivity index (χ4n) is 4.69. The van der Waals surface area contributed by atoms with Crippen LogP contribution in [-0.4, -0.2) is 61.8 Å². The van der Waals surface area contributed by atoms with E-state index in [1.54, 1.807) is 12.1 Å². The molecule has 0 spiro atoms. The van der Waals surface area contributed by atoms with Crippen LogP contribution in [0.3, 0.4) is 0 Å². The summed E-state index contributed by atoms with van der Waals surface area (Å²) < 4.78 is 21.5. The lowest BCUT2D eigenvalue weighted by molar-refractivity contribution is -0.147. The van der Waals surface area contributed by atoms with Gasteiger partial charge in [-0.2, -0.15) is 0 Å². The number of rotatable bonds is 19. The van der Waals surface area contributed by atoms with Crippen LogP contribution in [0.5, 0.6) is 11.5 Å². The molecule has 0 unspecified atom stereocenters. The zero-order valence-electron chi connectivity index (χ0n) is 26.3. The molecule has 0 aromatic heterocycles. The Balaban J connectivity index is 1.53. The maximum absolute atomic E-state index is 12.2. The first-order chi connectivity index (χ1) is 20.0. The van der Waals surface area contributed by atoms with Crippen molar-refractivity contribution in [3.8, 4) is 11.5 Å². The average molecular weight is 587 g/mol. The minimum absolute atomic E-state index is 0.170. The molecule has 0 aliphatic heterocycles. The molecule has 0 radical (unpaired) electrons. The van der Waals surface area contributed by atoms with E-state index in [2.05, 4.69) is 27.7 Å². The summed E-state index contributed by atoms with van der Waals surface area (Å²) in [5.41, 5.74) is 5.88. The Morgan fingerprint density at radius 2 is 0.952 bits per heavy atom. The highest BCUT2D eigenvalue weighted by Crippen LogP contribution is 2.26. The summed E-state index contributed by atoms with van der Waals surface area (Å²) in [4.78, 5) is 24.3. The number of aromatic hydroxyl groups is 2. The van der Waals surface area contributed by atoms with E-state index in [1.165, 1.54) is 0 Å². The van der Waals surface area contributed by atoms with Crippen molar-refractivity contribution in [3.63, 3.8) is 0 Å². The molecule has 0 atom stereocenters. The lowest BCUT2D eigenvalue weighted by atomic mass is 9.93. The summed E-state index contributed by atoms with van der Waals surface area (Å²) >= 11 is 0. The molecule has 0 fully saturated rings. The van der Waals surface area contributed by atoms with Gasteiger partial charge in [0.05, 0.1) is 26.4 Å². The van der Waals surface area contributed by atoms with E-state index in [4.69, 9.17) is 18.9 Å². The smallest absolute Gasteiger partial charge is 0.306 e. The van der Waals surface area contributed by atoms with Gasteiger partial charge in [0.15, 0.2) is 0 Å². The summed E-state index contributed by atoms with van der Waals surface area (Å²) in [7, 11) is 0. The lowest BCUT2D eigenvalue weighted by Crippen LogP contribution is -2.15. The van der Waals surface area contributed by atoms with Crippen molar-refractivity contribution in [1.29, 1.82) is 0 Å². The predicted octanol–water partition coefficient (Wildman–Crippen LogP) is 5.80. The van der Waals surface area contributed by atoms with Gasteiger partial charge in [0, 0.05) is 12.8 Å². The topological polar surface area (TPSA) is 112 Å². The number of aryl methyl sites for hydroxylation is 4. The van der Waals surface area contributed by atoms with Crippen molar-refractivity contribution in [3.05, 3.63) is 57.6 Å². The molecule has 8 nitrogen and oxygen atoms in total. The molecule has 2 N–H and O–H groups in total. The third kappa shape index (κ3) is 13.3. The molecule has 2 aromatic rings. The number of phenols is 2. The number of carbonyl (C=O) groups is 2. The quantitative estimate of drug-likeness (QED) is 0.157. The van der Waals surface area contributed by atoms with Gasteiger partial charge in [0.2, 0.25) is 0 Å². The van der Waals surface area contributed by atoms with Crippen LogP contribution in [0.4, 0.5) is 0 Å². The van der Waals surface area contributed by atoms with E-state index >= 15 is 0 Å². The first-order valence-corrected chi connectivity index (χ1v) is 15.1. The summed E-state index contributed by atoms with van der Waals surface area (Å²) in [5, 5.41) is 20.1. The Kier molecular flexibility index (Phi) is 15.4. The summed E-state index contributed by atoms with van der Waals surface area (Å²) in [6, 6.07) is 7.51. The highest BCUT2D eigenvalue weighted by atomic mass is 16.6. The van der Waals surface area contributed by atoms with Crippen LogP contribution >= 0.6 is 0 Å². The molecule has 0 amide bonds. The summed E-state index contributed by atoms with van der Waals surface area (Å²) in [5.74, 6) is 0.899. The second-order valence-corrected chi connectivity index (χ2v) is 11.7. The second kappa shape index (κ2) is 18.4. The summed E-state index contributed by atoms with van der Waals surface area (Å²) in [6.45, 7) is 13.8. The van der Waals surface area contributed by atoms with Crippen LogP contribution in [0.1, 0.15) is 73.9 Å². The zero-order valence-corrected chi connectivity index (χ0v) is 26.3. The first kappa shape index (κ1) is 35.1. The normalized spacial score (nSPS) is 11.3. The number of carbonyl (C=O) groups excluding carboxylic acids is 2. The third-order valence-electron chi connectivity index (χ3n) is 6.84. The highest BCUT2D eigenvalue weighted by molar-refractivity contribution is 5.70. The molecule has 234 valence electrons. The zero-order chi connectivity index (χ0) is 31.1. The molecular formula is C34H50O8. The Bertz CT molecular complexity index is 1050. The fourth-order valence-corrected chi connectivity index (χ4v) is 4.69. The fraction of sp³-hybridized carbons (Fsp3) is 0.588. The van der Waals surface area contributed by atoms with Crippen LogP contribution in [-0.2, 0) is 54.2 Å². The largest absolute Gasteiger partial charge is 0.508 e. The molecule has 8 heteroatoms. The number of hydrogen-bond acceptors (Lipinski definition) is 8. The van der Waals surface area contributed by atoms with Crippen molar-refractivity contribution in [1.82, 2.24) is 0 Å². The average Bonchev–Trinajstić information content (AvgIpc) is 2.91.